The summed E-state index contributed by atoms with van der Waals surface area (Å²) in [5, 5.41) is 25.5. The van der Waals surface area contributed by atoms with E-state index in [0.29, 0.717) is 30.2 Å². The van der Waals surface area contributed by atoms with E-state index in [1.807, 2.05) is 0 Å². The molecule has 4 nitrogen and oxygen atoms in total. The maximum absolute atomic E-state index is 10.7. The van der Waals surface area contributed by atoms with Gasteiger partial charge in [0, 0.05) is 11.8 Å². The van der Waals surface area contributed by atoms with Crippen molar-refractivity contribution in [3.05, 3.63) is 11.6 Å². The van der Waals surface area contributed by atoms with Crippen LogP contribution in [0.15, 0.2) is 16.8 Å². The number of halogens is 1. The first-order valence-electron chi connectivity index (χ1n) is 10.7. The SMILES string of the molecule is C[C@]12CCC(O)CC1=CC(=NOCCCCl)[C@@H]1[C@H]2CC[C@]2(C)C(O)CC[C@@H]12. The number of hydrogen-bond donors (Lipinski definition) is 2. The van der Waals surface area contributed by atoms with Crippen molar-refractivity contribution in [3.8, 4) is 0 Å². The molecule has 3 fully saturated rings. The fourth-order valence-electron chi connectivity index (χ4n) is 6.70. The van der Waals surface area contributed by atoms with Crippen LogP contribution in [-0.4, -0.2) is 40.6 Å². The van der Waals surface area contributed by atoms with Gasteiger partial charge in [0.05, 0.1) is 17.9 Å². The minimum absolute atomic E-state index is 0.00599. The minimum atomic E-state index is -0.235. The average Bonchev–Trinajstić information content (AvgIpc) is 2.95. The lowest BCUT2D eigenvalue weighted by Gasteiger charge is -2.57. The van der Waals surface area contributed by atoms with Crippen molar-refractivity contribution in [3.63, 3.8) is 0 Å². The van der Waals surface area contributed by atoms with Gasteiger partial charge in [-0.2, -0.15) is 0 Å². The molecule has 0 bridgehead atoms. The third-order valence-corrected chi connectivity index (χ3v) is 8.69. The van der Waals surface area contributed by atoms with E-state index in [0.717, 1.165) is 57.1 Å². The first-order chi connectivity index (χ1) is 12.9. The van der Waals surface area contributed by atoms with Crippen molar-refractivity contribution in [2.75, 3.05) is 12.5 Å². The molecule has 4 rings (SSSR count). The zero-order valence-corrected chi connectivity index (χ0v) is 17.4. The van der Waals surface area contributed by atoms with Crippen LogP contribution in [0.3, 0.4) is 0 Å². The molecule has 7 atom stereocenters. The number of alkyl halides is 1. The van der Waals surface area contributed by atoms with Crippen molar-refractivity contribution in [2.24, 2.45) is 33.7 Å². The number of hydrogen-bond acceptors (Lipinski definition) is 4. The molecule has 0 spiro atoms. The molecular weight excluding hydrogens is 362 g/mol. The van der Waals surface area contributed by atoms with E-state index in [1.54, 1.807) is 0 Å². The van der Waals surface area contributed by atoms with E-state index in [2.05, 4.69) is 25.1 Å². The van der Waals surface area contributed by atoms with Crippen LogP contribution in [0.4, 0.5) is 0 Å². The summed E-state index contributed by atoms with van der Waals surface area (Å²) < 4.78 is 0. The number of nitrogens with zero attached hydrogens (tertiary/aromatic N) is 1. The lowest BCUT2D eigenvalue weighted by atomic mass is 9.47. The predicted molar refractivity (Wildman–Crippen MR) is 108 cm³/mol. The van der Waals surface area contributed by atoms with Crippen molar-refractivity contribution in [1.29, 1.82) is 0 Å². The summed E-state index contributed by atoms with van der Waals surface area (Å²) >= 11 is 5.77. The van der Waals surface area contributed by atoms with Gasteiger partial charge in [0.15, 0.2) is 0 Å². The first-order valence-corrected chi connectivity index (χ1v) is 11.3. The lowest BCUT2D eigenvalue weighted by molar-refractivity contribution is -0.0495. The second kappa shape index (κ2) is 7.35. The summed E-state index contributed by atoms with van der Waals surface area (Å²) in [5.41, 5.74) is 2.53. The molecule has 152 valence electrons. The topological polar surface area (TPSA) is 62.1 Å². The minimum Gasteiger partial charge on any atom is -0.396 e. The Hall–Kier alpha value is -0.580. The summed E-state index contributed by atoms with van der Waals surface area (Å²) in [6.45, 7) is 5.23. The van der Waals surface area contributed by atoms with E-state index in [1.165, 1.54) is 5.57 Å². The van der Waals surface area contributed by atoms with E-state index in [9.17, 15) is 10.2 Å². The zero-order valence-electron chi connectivity index (χ0n) is 16.7. The van der Waals surface area contributed by atoms with Gasteiger partial charge in [-0.05, 0) is 80.1 Å². The number of aliphatic hydroxyl groups excluding tert-OH is 2. The second-order valence-electron chi connectivity index (χ2n) is 9.75. The van der Waals surface area contributed by atoms with Gasteiger partial charge in [-0.3, -0.25) is 0 Å². The summed E-state index contributed by atoms with van der Waals surface area (Å²) in [5.74, 6) is 1.92. The van der Waals surface area contributed by atoms with Crippen LogP contribution in [0.1, 0.15) is 65.2 Å². The highest BCUT2D eigenvalue weighted by atomic mass is 35.5. The fraction of sp³-hybridized carbons (Fsp3) is 0.864. The van der Waals surface area contributed by atoms with Gasteiger partial charge in [-0.15, -0.1) is 11.6 Å². The van der Waals surface area contributed by atoms with Crippen LogP contribution in [0.5, 0.6) is 0 Å². The maximum Gasteiger partial charge on any atom is 0.118 e. The second-order valence-corrected chi connectivity index (χ2v) is 10.1. The fourth-order valence-corrected chi connectivity index (χ4v) is 6.81. The Bertz CT molecular complexity index is 635. The van der Waals surface area contributed by atoms with Crippen molar-refractivity contribution < 1.29 is 15.1 Å². The molecular formula is C22H34ClNO3. The zero-order chi connectivity index (χ0) is 19.2. The molecule has 0 saturated heterocycles. The largest absolute Gasteiger partial charge is 0.396 e. The number of allylic oxidation sites excluding steroid dienone is 1. The summed E-state index contributed by atoms with van der Waals surface area (Å²) in [4.78, 5) is 5.64. The van der Waals surface area contributed by atoms with Crippen molar-refractivity contribution >= 4 is 17.3 Å². The first kappa shape index (κ1) is 19.7. The molecule has 0 aromatic heterocycles. The molecule has 0 aromatic carbocycles. The smallest absolute Gasteiger partial charge is 0.118 e. The average molecular weight is 396 g/mol. The lowest BCUT2D eigenvalue weighted by Crippen LogP contribution is -2.54. The number of aliphatic hydroxyl groups is 2. The molecule has 3 saturated carbocycles. The summed E-state index contributed by atoms with van der Waals surface area (Å²) in [6.07, 6.45) is 9.47. The Morgan fingerprint density at radius 1 is 1.15 bits per heavy atom. The highest BCUT2D eigenvalue weighted by Crippen LogP contribution is 2.64. The van der Waals surface area contributed by atoms with Crippen LogP contribution in [0.2, 0.25) is 0 Å². The number of fused-ring (bicyclic) bond motifs is 5. The Morgan fingerprint density at radius 2 is 1.96 bits per heavy atom. The van der Waals surface area contributed by atoms with Crippen LogP contribution in [0, 0.1) is 28.6 Å². The van der Waals surface area contributed by atoms with Gasteiger partial charge < -0.3 is 15.1 Å². The summed E-state index contributed by atoms with van der Waals surface area (Å²) in [6, 6.07) is 0. The van der Waals surface area contributed by atoms with E-state index >= 15 is 0 Å². The maximum atomic E-state index is 10.7. The van der Waals surface area contributed by atoms with E-state index < -0.39 is 0 Å². The molecule has 4 aliphatic rings. The molecule has 0 radical (unpaired) electrons. The van der Waals surface area contributed by atoms with Crippen LogP contribution >= 0.6 is 11.6 Å². The van der Waals surface area contributed by atoms with Gasteiger partial charge in [0.2, 0.25) is 0 Å². The van der Waals surface area contributed by atoms with Gasteiger partial charge in [0.25, 0.3) is 0 Å². The van der Waals surface area contributed by atoms with Crippen molar-refractivity contribution in [2.45, 2.75) is 77.4 Å². The summed E-state index contributed by atoms with van der Waals surface area (Å²) in [7, 11) is 0. The molecule has 27 heavy (non-hydrogen) atoms. The third-order valence-electron chi connectivity index (χ3n) is 8.43. The number of rotatable bonds is 4. The van der Waals surface area contributed by atoms with Gasteiger partial charge in [-0.25, -0.2) is 0 Å². The van der Waals surface area contributed by atoms with Crippen LogP contribution in [0.25, 0.3) is 0 Å². The molecule has 0 aromatic rings. The molecule has 4 aliphatic carbocycles. The standard InChI is InChI=1S/C22H34ClNO3/c1-21-8-6-15(25)12-14(21)13-18(24-27-11-3-10-23)20-16-4-5-19(26)22(16,2)9-7-17(20)21/h13,15-17,19-20,25-26H,3-12H2,1-2H3/t15?,16-,17+,19?,20-,21-,22-/m0/s1. The van der Waals surface area contributed by atoms with Gasteiger partial charge in [-0.1, -0.05) is 24.6 Å². The van der Waals surface area contributed by atoms with E-state index in [4.69, 9.17) is 16.4 Å². The van der Waals surface area contributed by atoms with Gasteiger partial charge >= 0.3 is 0 Å². The molecule has 0 aliphatic heterocycles. The highest BCUT2D eigenvalue weighted by Gasteiger charge is 2.60. The third kappa shape index (κ3) is 3.16. The molecule has 0 heterocycles. The Morgan fingerprint density at radius 3 is 2.74 bits per heavy atom. The Labute approximate surface area is 168 Å². The molecule has 2 N–H and O–H groups in total. The van der Waals surface area contributed by atoms with E-state index in [-0.39, 0.29) is 23.0 Å². The highest BCUT2D eigenvalue weighted by molar-refractivity contribution is 6.17. The van der Waals surface area contributed by atoms with Crippen molar-refractivity contribution in [1.82, 2.24) is 0 Å². The normalized spacial score (nSPS) is 47.8. The Kier molecular flexibility index (Phi) is 5.37. The van der Waals surface area contributed by atoms with Gasteiger partial charge in [0.1, 0.15) is 6.61 Å². The monoisotopic (exact) mass is 395 g/mol. The predicted octanol–water partition coefficient (Wildman–Crippen LogP) is 4.28. The molecule has 5 heteroatoms. The number of oxime groups is 1. The van der Waals surface area contributed by atoms with Crippen LogP contribution < -0.4 is 0 Å². The molecule has 2 unspecified atom stereocenters. The van der Waals surface area contributed by atoms with Crippen LogP contribution in [-0.2, 0) is 4.84 Å². The Balaban J connectivity index is 1.71. The quantitative estimate of drug-likeness (QED) is 0.424. The molecule has 0 amide bonds.